The number of amides is 1. The van der Waals surface area contributed by atoms with Gasteiger partial charge in [-0.15, -0.1) is 0 Å². The van der Waals surface area contributed by atoms with E-state index in [4.69, 9.17) is 4.74 Å². The van der Waals surface area contributed by atoms with Gasteiger partial charge in [-0.1, -0.05) is 31.0 Å². The summed E-state index contributed by atoms with van der Waals surface area (Å²) in [7, 11) is -3.16. The maximum absolute atomic E-state index is 14.3. The lowest BCUT2D eigenvalue weighted by atomic mass is 9.78. The second-order valence-electron chi connectivity index (χ2n) is 7.80. The first kappa shape index (κ1) is 19.8. The van der Waals surface area contributed by atoms with E-state index in [-0.39, 0.29) is 11.5 Å². The van der Waals surface area contributed by atoms with E-state index >= 15 is 0 Å². The summed E-state index contributed by atoms with van der Waals surface area (Å²) in [5.41, 5.74) is -1.60. The maximum atomic E-state index is 14.3. The molecule has 0 bridgehead atoms. The molecule has 0 unspecified atom stereocenters. The Morgan fingerprint density at radius 2 is 1.85 bits per heavy atom. The van der Waals surface area contributed by atoms with E-state index in [1.807, 2.05) is 0 Å². The molecule has 1 aliphatic heterocycles. The Bertz CT molecular complexity index is 847. The fourth-order valence-electron chi connectivity index (χ4n) is 4.16. The van der Waals surface area contributed by atoms with Gasteiger partial charge in [-0.05, 0) is 32.3 Å². The molecule has 1 saturated carbocycles. The van der Waals surface area contributed by atoms with Crippen molar-refractivity contribution < 1.29 is 27.1 Å². The molecule has 0 spiro atoms. The summed E-state index contributed by atoms with van der Waals surface area (Å²) in [6.07, 6.45) is 2.85. The fraction of sp³-hybridized carbons (Fsp3) is 0.579. The molecule has 1 N–H and O–H groups in total. The number of esters is 1. The Hall–Kier alpha value is -1.96. The first-order valence-electron chi connectivity index (χ1n) is 9.10. The third-order valence-electron chi connectivity index (χ3n) is 5.52. The predicted octanol–water partition coefficient (Wildman–Crippen LogP) is 1.87. The van der Waals surface area contributed by atoms with Crippen molar-refractivity contribution in [2.75, 3.05) is 18.1 Å². The first-order chi connectivity index (χ1) is 12.7. The van der Waals surface area contributed by atoms with Gasteiger partial charge in [-0.25, -0.2) is 12.8 Å². The lowest BCUT2D eigenvalue weighted by Crippen LogP contribution is -2.49. The normalized spacial score (nSPS) is 25.9. The summed E-state index contributed by atoms with van der Waals surface area (Å²) in [6, 6.07) is 6.15. The summed E-state index contributed by atoms with van der Waals surface area (Å²) in [6.45, 7) is 1.15. The Morgan fingerprint density at radius 3 is 2.44 bits per heavy atom. The van der Waals surface area contributed by atoms with Crippen LogP contribution in [0.5, 0.6) is 0 Å². The van der Waals surface area contributed by atoms with Crippen LogP contribution < -0.4 is 5.32 Å². The van der Waals surface area contributed by atoms with Gasteiger partial charge in [-0.3, -0.25) is 9.59 Å². The number of ether oxygens (including phenoxy) is 1. The zero-order valence-corrected chi connectivity index (χ0v) is 16.1. The van der Waals surface area contributed by atoms with Crippen molar-refractivity contribution in [2.24, 2.45) is 0 Å². The number of benzene rings is 1. The molecule has 1 aromatic carbocycles. The third-order valence-corrected chi connectivity index (χ3v) is 7.42. The third kappa shape index (κ3) is 4.15. The summed E-state index contributed by atoms with van der Waals surface area (Å²) in [5.74, 6) is -1.71. The van der Waals surface area contributed by atoms with Crippen LogP contribution in [0.2, 0.25) is 0 Å². The van der Waals surface area contributed by atoms with E-state index in [1.165, 1.54) is 6.07 Å². The Labute approximate surface area is 158 Å². The van der Waals surface area contributed by atoms with Crippen molar-refractivity contribution in [3.8, 4) is 0 Å². The molecule has 0 aromatic heterocycles. The average Bonchev–Trinajstić information content (AvgIpc) is 3.18. The Balaban J connectivity index is 1.66. The van der Waals surface area contributed by atoms with Gasteiger partial charge in [0.15, 0.2) is 16.4 Å². The van der Waals surface area contributed by atoms with Crippen molar-refractivity contribution in [1.82, 2.24) is 5.32 Å². The highest BCUT2D eigenvalue weighted by molar-refractivity contribution is 7.91. The minimum Gasteiger partial charge on any atom is -0.455 e. The molecule has 148 valence electrons. The molecule has 2 fully saturated rings. The van der Waals surface area contributed by atoms with Gasteiger partial charge in [0.25, 0.3) is 5.91 Å². The van der Waals surface area contributed by atoms with Crippen molar-refractivity contribution in [3.05, 3.63) is 35.6 Å². The van der Waals surface area contributed by atoms with Gasteiger partial charge < -0.3 is 10.1 Å². The zero-order chi connectivity index (χ0) is 19.7. The fourth-order valence-corrected chi connectivity index (χ4v) is 6.26. The van der Waals surface area contributed by atoms with Crippen LogP contribution in [-0.2, 0) is 29.6 Å². The Kier molecular flexibility index (Phi) is 5.29. The molecule has 27 heavy (non-hydrogen) atoms. The van der Waals surface area contributed by atoms with Crippen LogP contribution in [0.3, 0.4) is 0 Å². The average molecular weight is 397 g/mol. The SMILES string of the molecule is C[C@@]1(NC(=O)COC(=O)C2(c3ccccc3F)CCCC2)CCS(=O)(=O)C1. The van der Waals surface area contributed by atoms with Gasteiger partial charge in [-0.2, -0.15) is 0 Å². The lowest BCUT2D eigenvalue weighted by molar-refractivity contribution is -0.154. The van der Waals surface area contributed by atoms with Crippen molar-refractivity contribution in [2.45, 2.75) is 50.0 Å². The van der Waals surface area contributed by atoms with Crippen molar-refractivity contribution in [1.29, 1.82) is 0 Å². The minimum absolute atomic E-state index is 0.0277. The van der Waals surface area contributed by atoms with Crippen molar-refractivity contribution in [3.63, 3.8) is 0 Å². The number of halogens is 1. The quantitative estimate of drug-likeness (QED) is 0.766. The number of hydrogen-bond donors (Lipinski definition) is 1. The second kappa shape index (κ2) is 7.22. The molecule has 6 nitrogen and oxygen atoms in total. The summed E-state index contributed by atoms with van der Waals surface area (Å²) in [4.78, 5) is 25.0. The smallest absolute Gasteiger partial charge is 0.317 e. The molecule has 1 saturated heterocycles. The second-order valence-corrected chi connectivity index (χ2v) is 9.98. The van der Waals surface area contributed by atoms with Crippen molar-refractivity contribution >= 4 is 21.7 Å². The van der Waals surface area contributed by atoms with E-state index in [1.54, 1.807) is 25.1 Å². The summed E-state index contributed by atoms with van der Waals surface area (Å²) < 4.78 is 42.8. The number of nitrogens with one attached hydrogen (secondary N) is 1. The van der Waals surface area contributed by atoms with E-state index in [9.17, 15) is 22.4 Å². The van der Waals surface area contributed by atoms with Gasteiger partial charge >= 0.3 is 5.97 Å². The van der Waals surface area contributed by atoms with Crippen LogP contribution in [0.4, 0.5) is 4.39 Å². The largest absolute Gasteiger partial charge is 0.455 e. The van der Waals surface area contributed by atoms with E-state index in [2.05, 4.69) is 5.32 Å². The number of rotatable bonds is 5. The van der Waals surface area contributed by atoms with Crippen LogP contribution in [0.25, 0.3) is 0 Å². The topological polar surface area (TPSA) is 89.5 Å². The van der Waals surface area contributed by atoms with Gasteiger partial charge in [0, 0.05) is 5.56 Å². The molecule has 8 heteroatoms. The molecule has 3 rings (SSSR count). The summed E-state index contributed by atoms with van der Waals surface area (Å²) >= 11 is 0. The molecular weight excluding hydrogens is 373 g/mol. The van der Waals surface area contributed by atoms with Crippen LogP contribution >= 0.6 is 0 Å². The molecule has 0 radical (unpaired) electrons. The molecular formula is C19H24FNO5S. The van der Waals surface area contributed by atoms with E-state index in [0.29, 0.717) is 24.8 Å². The first-order valence-corrected chi connectivity index (χ1v) is 10.9. The number of sulfone groups is 1. The van der Waals surface area contributed by atoms with Gasteiger partial charge in [0.2, 0.25) is 0 Å². The van der Waals surface area contributed by atoms with E-state index < -0.39 is 45.1 Å². The molecule has 1 heterocycles. The van der Waals surface area contributed by atoms with Crippen LogP contribution in [0.1, 0.15) is 44.6 Å². The van der Waals surface area contributed by atoms with Crippen LogP contribution in [0.15, 0.2) is 24.3 Å². The van der Waals surface area contributed by atoms with Gasteiger partial charge in [0.05, 0.1) is 22.5 Å². The highest BCUT2D eigenvalue weighted by atomic mass is 32.2. The summed E-state index contributed by atoms with van der Waals surface area (Å²) in [5, 5.41) is 2.65. The number of carbonyl (C=O) groups is 2. The zero-order valence-electron chi connectivity index (χ0n) is 15.3. The Morgan fingerprint density at radius 1 is 1.19 bits per heavy atom. The monoisotopic (exact) mass is 397 g/mol. The standard InChI is InChI=1S/C19H24FNO5S/c1-18(10-11-27(24,25)13-18)21-16(22)12-26-17(23)19(8-4-5-9-19)14-6-2-3-7-15(14)20/h2-3,6-7H,4-5,8-13H2,1H3,(H,21,22)/t18-/m1/s1. The highest BCUT2D eigenvalue weighted by Crippen LogP contribution is 2.43. The van der Waals surface area contributed by atoms with Gasteiger partial charge in [0.1, 0.15) is 5.82 Å². The number of hydrogen-bond acceptors (Lipinski definition) is 5. The predicted molar refractivity (Wildman–Crippen MR) is 97.3 cm³/mol. The highest BCUT2D eigenvalue weighted by Gasteiger charge is 2.46. The number of carbonyl (C=O) groups excluding carboxylic acids is 2. The molecule has 2 aliphatic rings. The lowest BCUT2D eigenvalue weighted by Gasteiger charge is -2.28. The van der Waals surface area contributed by atoms with Crippen LogP contribution in [0, 0.1) is 5.82 Å². The molecule has 1 aromatic rings. The molecule has 1 aliphatic carbocycles. The molecule has 1 atom stereocenters. The maximum Gasteiger partial charge on any atom is 0.317 e. The van der Waals surface area contributed by atoms with Crippen LogP contribution in [-0.4, -0.2) is 43.9 Å². The van der Waals surface area contributed by atoms with E-state index in [0.717, 1.165) is 12.8 Å². The molecule has 1 amide bonds. The minimum atomic E-state index is -3.16.